The molecule has 0 saturated carbocycles. The zero-order valence-corrected chi connectivity index (χ0v) is 18.7. The molecular weight excluding hydrogens is 458 g/mol. The Labute approximate surface area is 188 Å². The van der Waals surface area contributed by atoms with Crippen LogP contribution in [-0.2, 0) is 19.6 Å². The van der Waals surface area contributed by atoms with E-state index in [2.05, 4.69) is 5.32 Å². The quantitative estimate of drug-likeness (QED) is 0.576. The number of hydrogen-bond acceptors (Lipinski definition) is 8. The summed E-state index contributed by atoms with van der Waals surface area (Å²) in [5.41, 5.74) is 0.905. The first kappa shape index (κ1) is 23.3. The fourth-order valence-corrected chi connectivity index (χ4v) is 4.16. The SMILES string of the molecule is COc1ccc(/C=C2/SC(=O)N(CC(=O)Nc3ccc(S(N)(=O)=O)cc3)C2=O)cc1OC. The van der Waals surface area contributed by atoms with Gasteiger partial charge in [-0.25, -0.2) is 13.6 Å². The average molecular weight is 478 g/mol. The number of carbonyl (C=O) groups excluding carboxylic acids is 3. The van der Waals surface area contributed by atoms with Crippen molar-refractivity contribution >= 4 is 50.6 Å². The molecule has 0 aliphatic carbocycles. The number of sulfonamides is 1. The van der Waals surface area contributed by atoms with Crippen molar-refractivity contribution in [1.82, 2.24) is 4.90 Å². The Balaban J connectivity index is 1.69. The summed E-state index contributed by atoms with van der Waals surface area (Å²) < 4.78 is 33.0. The lowest BCUT2D eigenvalue weighted by Crippen LogP contribution is -2.36. The van der Waals surface area contributed by atoms with E-state index < -0.39 is 33.6 Å². The molecule has 1 heterocycles. The van der Waals surface area contributed by atoms with Crippen LogP contribution >= 0.6 is 11.8 Å². The number of methoxy groups -OCH3 is 2. The number of hydrogen-bond donors (Lipinski definition) is 2. The Kier molecular flexibility index (Phi) is 6.87. The molecule has 3 N–H and O–H groups in total. The maximum absolute atomic E-state index is 12.6. The summed E-state index contributed by atoms with van der Waals surface area (Å²) in [7, 11) is -0.871. The van der Waals surface area contributed by atoms with E-state index in [-0.39, 0.29) is 15.5 Å². The van der Waals surface area contributed by atoms with Gasteiger partial charge in [0.15, 0.2) is 11.5 Å². The Morgan fingerprint density at radius 3 is 2.34 bits per heavy atom. The molecule has 0 atom stereocenters. The third-order valence-corrected chi connectivity index (χ3v) is 6.18. The van der Waals surface area contributed by atoms with Gasteiger partial charge in [-0.1, -0.05) is 6.07 Å². The molecule has 3 rings (SSSR count). The number of primary sulfonamides is 1. The molecular formula is C20H19N3O7S2. The smallest absolute Gasteiger partial charge is 0.294 e. The number of carbonyl (C=O) groups is 3. The number of amides is 3. The van der Waals surface area contributed by atoms with E-state index in [9.17, 15) is 22.8 Å². The van der Waals surface area contributed by atoms with Gasteiger partial charge in [0.1, 0.15) is 6.54 Å². The number of rotatable bonds is 7. The number of nitrogens with zero attached hydrogens (tertiary/aromatic N) is 1. The van der Waals surface area contributed by atoms with Gasteiger partial charge in [-0.3, -0.25) is 19.3 Å². The van der Waals surface area contributed by atoms with Crippen molar-refractivity contribution in [2.45, 2.75) is 4.90 Å². The summed E-state index contributed by atoms with van der Waals surface area (Å²) in [5.74, 6) is -0.239. The first-order valence-electron chi connectivity index (χ1n) is 9.02. The number of imide groups is 1. The predicted molar refractivity (Wildman–Crippen MR) is 119 cm³/mol. The van der Waals surface area contributed by atoms with E-state index in [1.54, 1.807) is 18.2 Å². The molecule has 1 aliphatic rings. The molecule has 2 aromatic carbocycles. The van der Waals surface area contributed by atoms with E-state index in [1.807, 2.05) is 0 Å². The molecule has 168 valence electrons. The number of ether oxygens (including phenoxy) is 2. The van der Waals surface area contributed by atoms with Crippen LogP contribution in [-0.4, -0.2) is 51.1 Å². The average Bonchev–Trinajstić information content (AvgIpc) is 3.00. The number of nitrogens with one attached hydrogen (secondary N) is 1. The second kappa shape index (κ2) is 9.42. The number of benzene rings is 2. The van der Waals surface area contributed by atoms with Crippen LogP contribution in [0.2, 0.25) is 0 Å². The predicted octanol–water partition coefficient (Wildman–Crippen LogP) is 2.03. The minimum atomic E-state index is -3.86. The van der Waals surface area contributed by atoms with E-state index in [0.29, 0.717) is 17.1 Å². The van der Waals surface area contributed by atoms with Crippen molar-refractivity contribution in [3.63, 3.8) is 0 Å². The van der Waals surface area contributed by atoms with Gasteiger partial charge in [0.2, 0.25) is 15.9 Å². The molecule has 2 aromatic rings. The standard InChI is InChI=1S/C20H19N3O7S2/c1-29-15-8-3-12(9-16(15)30-2)10-17-19(25)23(20(26)31-17)11-18(24)22-13-4-6-14(7-5-13)32(21,27)28/h3-10H,11H2,1-2H3,(H,22,24)(H2,21,27,28)/b17-10+. The largest absolute Gasteiger partial charge is 0.493 e. The zero-order valence-electron chi connectivity index (χ0n) is 17.0. The van der Waals surface area contributed by atoms with Gasteiger partial charge in [-0.15, -0.1) is 0 Å². The van der Waals surface area contributed by atoms with Crippen LogP contribution in [0.25, 0.3) is 6.08 Å². The van der Waals surface area contributed by atoms with Gasteiger partial charge >= 0.3 is 0 Å². The highest BCUT2D eigenvalue weighted by Crippen LogP contribution is 2.34. The minimum Gasteiger partial charge on any atom is -0.493 e. The molecule has 3 amide bonds. The third kappa shape index (κ3) is 5.28. The van der Waals surface area contributed by atoms with Gasteiger partial charge in [-0.2, -0.15) is 0 Å². The second-order valence-electron chi connectivity index (χ2n) is 6.50. The first-order chi connectivity index (χ1) is 15.1. The van der Waals surface area contributed by atoms with Crippen molar-refractivity contribution in [2.75, 3.05) is 26.1 Å². The van der Waals surface area contributed by atoms with Crippen LogP contribution in [0.3, 0.4) is 0 Å². The summed E-state index contributed by atoms with van der Waals surface area (Å²) in [6.07, 6.45) is 1.52. The highest BCUT2D eigenvalue weighted by molar-refractivity contribution is 8.18. The Morgan fingerprint density at radius 1 is 1.09 bits per heavy atom. The molecule has 0 radical (unpaired) electrons. The minimum absolute atomic E-state index is 0.110. The van der Waals surface area contributed by atoms with Crippen molar-refractivity contribution < 1.29 is 32.3 Å². The summed E-state index contributed by atoms with van der Waals surface area (Å²) in [5, 5.41) is 6.95. The highest BCUT2D eigenvalue weighted by atomic mass is 32.2. The molecule has 10 nitrogen and oxygen atoms in total. The van der Waals surface area contributed by atoms with Gasteiger partial charge in [0, 0.05) is 5.69 Å². The van der Waals surface area contributed by atoms with Crippen LogP contribution in [0.5, 0.6) is 11.5 Å². The molecule has 12 heteroatoms. The first-order valence-corrected chi connectivity index (χ1v) is 11.4. The van der Waals surface area contributed by atoms with E-state index in [4.69, 9.17) is 14.6 Å². The number of anilines is 1. The van der Waals surface area contributed by atoms with Crippen molar-refractivity contribution in [3.8, 4) is 11.5 Å². The number of thioether (sulfide) groups is 1. The molecule has 0 unspecified atom stereocenters. The van der Waals surface area contributed by atoms with E-state index in [0.717, 1.165) is 16.7 Å². The topological polar surface area (TPSA) is 145 Å². The van der Waals surface area contributed by atoms with Gasteiger partial charge < -0.3 is 14.8 Å². The normalized spacial score (nSPS) is 15.2. The van der Waals surface area contributed by atoms with Crippen LogP contribution in [0.15, 0.2) is 52.3 Å². The Morgan fingerprint density at radius 2 is 1.75 bits per heavy atom. The third-order valence-electron chi connectivity index (χ3n) is 4.35. The van der Waals surface area contributed by atoms with Crippen LogP contribution < -0.4 is 19.9 Å². The Bertz CT molecular complexity index is 1210. The van der Waals surface area contributed by atoms with Crippen LogP contribution in [0.1, 0.15) is 5.56 Å². The number of nitrogens with two attached hydrogens (primary N) is 1. The maximum atomic E-state index is 12.6. The lowest BCUT2D eigenvalue weighted by molar-refractivity contribution is -0.127. The molecule has 1 saturated heterocycles. The fraction of sp³-hybridized carbons (Fsp3) is 0.150. The van der Waals surface area contributed by atoms with E-state index in [1.165, 1.54) is 44.6 Å². The lowest BCUT2D eigenvalue weighted by Gasteiger charge is -2.12. The van der Waals surface area contributed by atoms with Gasteiger partial charge in [0.25, 0.3) is 11.1 Å². The molecule has 0 aromatic heterocycles. The molecule has 32 heavy (non-hydrogen) atoms. The molecule has 0 bridgehead atoms. The summed E-state index contributed by atoms with van der Waals surface area (Å²) in [6, 6.07) is 10.2. The fourth-order valence-electron chi connectivity index (χ4n) is 2.80. The lowest BCUT2D eigenvalue weighted by atomic mass is 10.2. The summed E-state index contributed by atoms with van der Waals surface area (Å²) in [6.45, 7) is -0.495. The Hall–Kier alpha value is -3.35. The molecule has 1 aliphatic heterocycles. The molecule has 1 fully saturated rings. The molecule has 0 spiro atoms. The van der Waals surface area contributed by atoms with Crippen molar-refractivity contribution in [3.05, 3.63) is 52.9 Å². The second-order valence-corrected chi connectivity index (χ2v) is 9.05. The van der Waals surface area contributed by atoms with Gasteiger partial charge in [-0.05, 0) is 59.8 Å². The van der Waals surface area contributed by atoms with Crippen molar-refractivity contribution in [2.24, 2.45) is 5.14 Å². The summed E-state index contributed by atoms with van der Waals surface area (Å²) >= 11 is 0.719. The maximum Gasteiger partial charge on any atom is 0.294 e. The van der Waals surface area contributed by atoms with Crippen LogP contribution in [0, 0.1) is 0 Å². The van der Waals surface area contributed by atoms with Gasteiger partial charge in [0.05, 0.1) is 24.0 Å². The monoisotopic (exact) mass is 477 g/mol. The van der Waals surface area contributed by atoms with Crippen molar-refractivity contribution in [1.29, 1.82) is 0 Å². The zero-order chi connectivity index (χ0) is 23.5. The highest BCUT2D eigenvalue weighted by Gasteiger charge is 2.36. The summed E-state index contributed by atoms with van der Waals surface area (Å²) in [4.78, 5) is 38.1. The van der Waals surface area contributed by atoms with Crippen LogP contribution in [0.4, 0.5) is 10.5 Å². The van der Waals surface area contributed by atoms with E-state index >= 15 is 0 Å².